The van der Waals surface area contributed by atoms with Gasteiger partial charge in [-0.2, -0.15) is 8.78 Å². The minimum absolute atomic E-state index is 0.0632. The van der Waals surface area contributed by atoms with E-state index in [-0.39, 0.29) is 10.6 Å². The lowest BCUT2D eigenvalue weighted by Gasteiger charge is -2.06. The summed E-state index contributed by atoms with van der Waals surface area (Å²) in [4.78, 5) is 9.66. The van der Waals surface area contributed by atoms with E-state index in [0.717, 1.165) is 12.1 Å². The van der Waals surface area contributed by atoms with E-state index in [1.165, 1.54) is 6.07 Å². The van der Waals surface area contributed by atoms with Crippen LogP contribution in [0, 0.1) is 10.1 Å². The molecule has 0 radical (unpaired) electrons. The summed E-state index contributed by atoms with van der Waals surface area (Å²) < 4.78 is 27.8. The van der Waals surface area contributed by atoms with E-state index in [9.17, 15) is 18.9 Å². The Morgan fingerprint density at radius 2 is 2.19 bits per heavy atom. The van der Waals surface area contributed by atoms with Crippen LogP contribution in [0.15, 0.2) is 18.2 Å². The highest BCUT2D eigenvalue weighted by Crippen LogP contribution is 2.29. The van der Waals surface area contributed by atoms with E-state index in [2.05, 4.69) is 17.0 Å². The fraction of sp³-hybridized carbons (Fsp3) is 0.125. The number of nitro groups is 1. The molecule has 0 aliphatic carbocycles. The molecule has 0 aliphatic heterocycles. The van der Waals surface area contributed by atoms with Crippen molar-refractivity contribution in [2.45, 2.75) is 6.61 Å². The first kappa shape index (κ1) is 12.2. The number of halogens is 2. The molecule has 0 bridgehead atoms. The maximum Gasteiger partial charge on any atom is 0.387 e. The summed E-state index contributed by atoms with van der Waals surface area (Å²) in [5, 5.41) is 10.6. The summed E-state index contributed by atoms with van der Waals surface area (Å²) >= 11 is 4.61. The average Bonchev–Trinajstić information content (AvgIpc) is 2.16. The van der Waals surface area contributed by atoms with Crippen molar-refractivity contribution < 1.29 is 18.4 Å². The second-order valence-corrected chi connectivity index (χ2v) is 3.12. The smallest absolute Gasteiger partial charge is 0.387 e. The number of nitro benzene ring substituents is 1. The lowest BCUT2D eigenvalue weighted by atomic mass is 10.2. The molecule has 0 saturated carbocycles. The highest BCUT2D eigenvalue weighted by Gasteiger charge is 2.19. The molecule has 1 aromatic carbocycles. The number of nitrogens with zero attached hydrogens (tertiary/aromatic N) is 1. The molecular formula is C8H6F2N2O3S. The number of hydrogen-bond acceptors (Lipinski definition) is 4. The first-order chi connectivity index (χ1) is 7.41. The molecule has 0 atom stereocenters. The van der Waals surface area contributed by atoms with Crippen LogP contribution in [0.25, 0.3) is 0 Å². The first-order valence-corrected chi connectivity index (χ1v) is 4.35. The molecular weight excluding hydrogens is 242 g/mol. The molecule has 16 heavy (non-hydrogen) atoms. The Labute approximate surface area is 94.0 Å². The average molecular weight is 248 g/mol. The Kier molecular flexibility index (Phi) is 3.67. The van der Waals surface area contributed by atoms with Crippen LogP contribution in [0.2, 0.25) is 0 Å². The first-order valence-electron chi connectivity index (χ1n) is 3.95. The zero-order chi connectivity index (χ0) is 12.3. The predicted octanol–water partition coefficient (Wildman–Crippen LogP) is 1.83. The summed E-state index contributed by atoms with van der Waals surface area (Å²) in [5.74, 6) is -0.528. The van der Waals surface area contributed by atoms with Gasteiger partial charge in [-0.15, -0.1) is 0 Å². The van der Waals surface area contributed by atoms with E-state index in [4.69, 9.17) is 5.73 Å². The summed E-state index contributed by atoms with van der Waals surface area (Å²) in [6.45, 7) is -3.13. The van der Waals surface area contributed by atoms with E-state index < -0.39 is 23.0 Å². The van der Waals surface area contributed by atoms with Gasteiger partial charge >= 0.3 is 12.3 Å². The number of benzene rings is 1. The molecule has 1 rings (SSSR count). The fourth-order valence-corrected chi connectivity index (χ4v) is 1.14. The summed E-state index contributed by atoms with van der Waals surface area (Å²) in [6, 6.07) is 3.28. The summed E-state index contributed by atoms with van der Waals surface area (Å²) in [5.41, 5.74) is 4.86. The molecule has 86 valence electrons. The standard InChI is InChI=1S/C8H6F2N2O3S/c9-8(10)15-6-2-1-4(7(11)16)3-5(6)12(13)14/h1-3,8H,(H2,11,16). The molecule has 0 heterocycles. The van der Waals surface area contributed by atoms with Crippen molar-refractivity contribution in [2.75, 3.05) is 0 Å². The topological polar surface area (TPSA) is 78.4 Å². The van der Waals surface area contributed by atoms with E-state index in [1.54, 1.807) is 0 Å². The third kappa shape index (κ3) is 2.83. The van der Waals surface area contributed by atoms with Crippen molar-refractivity contribution in [3.63, 3.8) is 0 Å². The highest BCUT2D eigenvalue weighted by molar-refractivity contribution is 7.80. The van der Waals surface area contributed by atoms with Gasteiger partial charge < -0.3 is 10.5 Å². The van der Waals surface area contributed by atoms with E-state index in [1.807, 2.05) is 0 Å². The zero-order valence-electron chi connectivity index (χ0n) is 7.72. The van der Waals surface area contributed by atoms with Crippen molar-refractivity contribution in [3.05, 3.63) is 33.9 Å². The third-order valence-corrected chi connectivity index (χ3v) is 1.89. The van der Waals surface area contributed by atoms with Gasteiger partial charge in [0.15, 0.2) is 0 Å². The number of alkyl halides is 2. The molecule has 0 unspecified atom stereocenters. The van der Waals surface area contributed by atoms with Gasteiger partial charge in [0, 0.05) is 11.6 Å². The van der Waals surface area contributed by atoms with E-state index >= 15 is 0 Å². The second kappa shape index (κ2) is 4.79. The van der Waals surface area contributed by atoms with Crippen molar-refractivity contribution >= 4 is 22.9 Å². The van der Waals surface area contributed by atoms with Crippen LogP contribution in [-0.2, 0) is 0 Å². The van der Waals surface area contributed by atoms with Gasteiger partial charge in [0.25, 0.3) is 0 Å². The number of thiocarbonyl (C=S) groups is 1. The Morgan fingerprint density at radius 3 is 2.62 bits per heavy atom. The maximum absolute atomic E-state index is 11.9. The predicted molar refractivity (Wildman–Crippen MR) is 55.6 cm³/mol. The Bertz CT molecular complexity index is 439. The molecule has 5 nitrogen and oxygen atoms in total. The Morgan fingerprint density at radius 1 is 1.56 bits per heavy atom. The third-order valence-electron chi connectivity index (χ3n) is 1.66. The maximum atomic E-state index is 11.9. The minimum atomic E-state index is -3.13. The zero-order valence-corrected chi connectivity index (χ0v) is 8.54. The van der Waals surface area contributed by atoms with Gasteiger partial charge in [-0.1, -0.05) is 12.2 Å². The van der Waals surface area contributed by atoms with Crippen molar-refractivity contribution in [3.8, 4) is 5.75 Å². The molecule has 2 N–H and O–H groups in total. The Hall–Kier alpha value is -1.83. The molecule has 0 saturated heterocycles. The molecule has 0 fully saturated rings. The number of ether oxygens (including phenoxy) is 1. The van der Waals surface area contributed by atoms with Crippen molar-refractivity contribution in [1.29, 1.82) is 0 Å². The van der Waals surface area contributed by atoms with Gasteiger partial charge in [0.1, 0.15) is 4.99 Å². The van der Waals surface area contributed by atoms with E-state index in [0.29, 0.717) is 0 Å². The van der Waals surface area contributed by atoms with Crippen LogP contribution < -0.4 is 10.5 Å². The Balaban J connectivity index is 3.19. The monoisotopic (exact) mass is 248 g/mol. The molecule has 0 amide bonds. The SMILES string of the molecule is NC(=S)c1ccc(OC(F)F)c([N+](=O)[O-])c1. The van der Waals surface area contributed by atoms with Gasteiger partial charge in [-0.3, -0.25) is 10.1 Å². The molecule has 1 aromatic rings. The van der Waals surface area contributed by atoms with Crippen LogP contribution in [0.4, 0.5) is 14.5 Å². The van der Waals surface area contributed by atoms with Gasteiger partial charge in [0.05, 0.1) is 4.92 Å². The number of hydrogen-bond donors (Lipinski definition) is 1. The van der Waals surface area contributed by atoms with Crippen LogP contribution in [0.1, 0.15) is 5.56 Å². The lowest BCUT2D eigenvalue weighted by molar-refractivity contribution is -0.386. The van der Waals surface area contributed by atoms with Crippen LogP contribution >= 0.6 is 12.2 Å². The van der Waals surface area contributed by atoms with Gasteiger partial charge in [0.2, 0.25) is 5.75 Å². The molecule has 0 spiro atoms. The molecule has 0 aromatic heterocycles. The quantitative estimate of drug-likeness (QED) is 0.499. The van der Waals surface area contributed by atoms with Crippen LogP contribution in [0.5, 0.6) is 5.75 Å². The van der Waals surface area contributed by atoms with Crippen LogP contribution in [0.3, 0.4) is 0 Å². The normalized spacial score (nSPS) is 10.2. The lowest BCUT2D eigenvalue weighted by Crippen LogP contribution is -2.11. The summed E-state index contributed by atoms with van der Waals surface area (Å²) in [6.07, 6.45) is 0. The largest absolute Gasteiger partial charge is 0.427 e. The van der Waals surface area contributed by atoms with Crippen molar-refractivity contribution in [2.24, 2.45) is 5.73 Å². The van der Waals surface area contributed by atoms with Gasteiger partial charge in [-0.25, -0.2) is 0 Å². The van der Waals surface area contributed by atoms with Crippen LogP contribution in [-0.4, -0.2) is 16.5 Å². The highest BCUT2D eigenvalue weighted by atomic mass is 32.1. The second-order valence-electron chi connectivity index (χ2n) is 2.68. The minimum Gasteiger partial charge on any atom is -0.427 e. The fourth-order valence-electron chi connectivity index (χ4n) is 1.01. The summed E-state index contributed by atoms with van der Waals surface area (Å²) in [7, 11) is 0. The number of nitrogens with two attached hydrogens (primary N) is 1. The van der Waals surface area contributed by atoms with Gasteiger partial charge in [-0.05, 0) is 12.1 Å². The molecule has 0 aliphatic rings. The molecule has 8 heteroatoms. The van der Waals surface area contributed by atoms with Crippen molar-refractivity contribution in [1.82, 2.24) is 0 Å². The number of rotatable bonds is 4.